The highest BCUT2D eigenvalue weighted by atomic mass is 16.4. The van der Waals surface area contributed by atoms with Crippen molar-refractivity contribution in [3.05, 3.63) is 34.9 Å². The van der Waals surface area contributed by atoms with E-state index in [1.165, 1.54) is 0 Å². The largest absolute Gasteiger partial charge is 0.480 e. The lowest BCUT2D eigenvalue weighted by molar-refractivity contribution is -0.147. The Bertz CT molecular complexity index is 662. The monoisotopic (exact) mass is 346 g/mol. The molecule has 1 aromatic carbocycles. The zero-order valence-corrected chi connectivity index (χ0v) is 14.7. The molecule has 0 aromatic heterocycles. The Kier molecular flexibility index (Phi) is 4.94. The van der Waals surface area contributed by atoms with Gasteiger partial charge in [-0.05, 0) is 68.1 Å². The first-order valence-electron chi connectivity index (χ1n) is 9.04. The van der Waals surface area contributed by atoms with E-state index in [2.05, 4.69) is 5.32 Å². The van der Waals surface area contributed by atoms with Crippen LogP contribution in [0.5, 0.6) is 0 Å². The Morgan fingerprint density at radius 2 is 2.12 bits per heavy atom. The number of nitrogens with one attached hydrogen (secondary N) is 1. The number of fused-ring (bicyclic) bond motifs is 1. The van der Waals surface area contributed by atoms with E-state index in [9.17, 15) is 9.90 Å². The summed E-state index contributed by atoms with van der Waals surface area (Å²) < 4.78 is 0. The molecule has 7 heteroatoms. The van der Waals surface area contributed by atoms with Crippen molar-refractivity contribution < 1.29 is 19.9 Å². The van der Waals surface area contributed by atoms with Gasteiger partial charge in [-0.25, -0.2) is 4.79 Å². The van der Waals surface area contributed by atoms with Crippen molar-refractivity contribution in [1.29, 1.82) is 0 Å². The van der Waals surface area contributed by atoms with Crippen LogP contribution in [-0.4, -0.2) is 35.3 Å². The number of nitrogens with two attached hydrogens (primary N) is 1. The van der Waals surface area contributed by atoms with Gasteiger partial charge in [0.2, 0.25) is 0 Å². The molecule has 0 aliphatic heterocycles. The second kappa shape index (κ2) is 6.72. The van der Waals surface area contributed by atoms with E-state index >= 15 is 0 Å². The van der Waals surface area contributed by atoms with Crippen LogP contribution < -0.4 is 11.1 Å². The van der Waals surface area contributed by atoms with E-state index < -0.39 is 18.6 Å². The van der Waals surface area contributed by atoms with Crippen molar-refractivity contribution in [3.8, 4) is 0 Å². The number of benzene rings is 1. The third-order valence-corrected chi connectivity index (χ3v) is 6.18. The number of hydrogen-bond acceptors (Lipinski definition) is 5. The van der Waals surface area contributed by atoms with Gasteiger partial charge in [0.1, 0.15) is 5.54 Å². The highest BCUT2D eigenvalue weighted by Gasteiger charge is 2.52. The summed E-state index contributed by atoms with van der Waals surface area (Å²) >= 11 is 0. The number of carbonyl (C=O) groups is 1. The van der Waals surface area contributed by atoms with Crippen molar-refractivity contribution in [2.24, 2.45) is 11.7 Å². The smallest absolute Gasteiger partial charge is 0.451 e. The molecule has 0 bridgehead atoms. The van der Waals surface area contributed by atoms with Gasteiger partial charge in [0.05, 0.1) is 0 Å². The summed E-state index contributed by atoms with van der Waals surface area (Å²) in [6, 6.07) is 6.05. The molecule has 0 saturated heterocycles. The van der Waals surface area contributed by atoms with E-state index in [1.807, 2.05) is 18.2 Å². The first kappa shape index (κ1) is 18.4. The molecule has 1 fully saturated rings. The molecule has 136 valence electrons. The van der Waals surface area contributed by atoms with Crippen LogP contribution >= 0.6 is 0 Å². The van der Waals surface area contributed by atoms with Crippen LogP contribution in [0.25, 0.3) is 0 Å². The molecule has 1 aromatic rings. The van der Waals surface area contributed by atoms with Crippen molar-refractivity contribution in [2.45, 2.75) is 55.9 Å². The lowest BCUT2D eigenvalue weighted by Crippen LogP contribution is -2.51. The van der Waals surface area contributed by atoms with Gasteiger partial charge in [-0.1, -0.05) is 24.6 Å². The zero-order chi connectivity index (χ0) is 18.2. The summed E-state index contributed by atoms with van der Waals surface area (Å²) in [6.07, 6.45) is 5.08. The maximum atomic E-state index is 12.3. The Morgan fingerprint density at radius 3 is 2.64 bits per heavy atom. The van der Waals surface area contributed by atoms with Gasteiger partial charge >= 0.3 is 13.1 Å². The van der Waals surface area contributed by atoms with Crippen LogP contribution in [0.2, 0.25) is 6.32 Å². The molecular formula is C18H27BN2O4. The molecule has 0 spiro atoms. The molecule has 25 heavy (non-hydrogen) atoms. The van der Waals surface area contributed by atoms with Crippen LogP contribution in [0.1, 0.15) is 48.8 Å². The normalized spacial score (nSPS) is 26.8. The minimum absolute atomic E-state index is 0.130. The summed E-state index contributed by atoms with van der Waals surface area (Å²) in [4.78, 5) is 12.3. The van der Waals surface area contributed by atoms with Gasteiger partial charge in [-0.3, -0.25) is 0 Å². The number of carboxylic acids is 1. The Balaban J connectivity index is 1.94. The molecule has 2 atom stereocenters. The number of likely N-dealkylation sites (N-methyl/N-ethyl adjacent to an activating group) is 1. The van der Waals surface area contributed by atoms with Crippen LogP contribution in [-0.2, 0) is 22.3 Å². The molecule has 0 heterocycles. The standard InChI is InChI=1S/C18H27BN2O4/c1-21-18(16(22)23)14(4-2-9-19(24)25)10-12-5-6-13(11-15(12)18)17(20)7-3-8-17/h5-6,11,14,21,24-25H,2-4,7-10,20H2,1H3,(H,22,23)/t14-,18?/m0/s1. The topological polar surface area (TPSA) is 116 Å². The summed E-state index contributed by atoms with van der Waals surface area (Å²) in [6.45, 7) is 0. The van der Waals surface area contributed by atoms with E-state index in [1.54, 1.807) is 7.05 Å². The van der Waals surface area contributed by atoms with Crippen LogP contribution in [0.15, 0.2) is 18.2 Å². The fraction of sp³-hybridized carbons (Fsp3) is 0.611. The van der Waals surface area contributed by atoms with Gasteiger partial charge in [0.25, 0.3) is 0 Å². The van der Waals surface area contributed by atoms with Gasteiger partial charge in [0, 0.05) is 5.54 Å². The number of carboxylic acid groups (broad SMARTS) is 1. The molecule has 3 rings (SSSR count). The van der Waals surface area contributed by atoms with Gasteiger partial charge in [-0.2, -0.15) is 0 Å². The lowest BCUT2D eigenvalue weighted by atomic mass is 9.71. The fourth-order valence-corrected chi connectivity index (χ4v) is 4.52. The average molecular weight is 346 g/mol. The average Bonchev–Trinajstić information content (AvgIpc) is 2.85. The van der Waals surface area contributed by atoms with E-state index in [0.717, 1.165) is 36.0 Å². The highest BCUT2D eigenvalue weighted by Crippen LogP contribution is 2.47. The number of hydrogen-bond donors (Lipinski definition) is 5. The minimum Gasteiger partial charge on any atom is -0.480 e. The number of rotatable bonds is 7. The van der Waals surface area contributed by atoms with E-state index in [-0.39, 0.29) is 17.8 Å². The number of aliphatic carboxylic acids is 1. The Hall–Kier alpha value is -1.41. The van der Waals surface area contributed by atoms with E-state index in [0.29, 0.717) is 19.3 Å². The predicted molar refractivity (Wildman–Crippen MR) is 96.0 cm³/mol. The predicted octanol–water partition coefficient (Wildman–Crippen LogP) is 0.949. The van der Waals surface area contributed by atoms with Gasteiger partial charge in [-0.15, -0.1) is 0 Å². The Labute approximate surface area is 148 Å². The summed E-state index contributed by atoms with van der Waals surface area (Å²) in [7, 11) is 0.339. The molecule has 0 amide bonds. The molecule has 2 aliphatic carbocycles. The lowest BCUT2D eigenvalue weighted by Gasteiger charge is -2.39. The second-order valence-corrected chi connectivity index (χ2v) is 7.56. The zero-order valence-electron chi connectivity index (χ0n) is 14.7. The molecule has 1 unspecified atom stereocenters. The quantitative estimate of drug-likeness (QED) is 0.470. The SMILES string of the molecule is CNC1(C(=O)O)c2cc(C3(N)CCC3)ccc2C[C@@H]1CCCB(O)O. The molecule has 6 N–H and O–H groups in total. The van der Waals surface area contributed by atoms with Gasteiger partial charge < -0.3 is 26.2 Å². The Morgan fingerprint density at radius 1 is 1.40 bits per heavy atom. The van der Waals surface area contributed by atoms with Crippen molar-refractivity contribution in [2.75, 3.05) is 7.05 Å². The van der Waals surface area contributed by atoms with Crippen molar-refractivity contribution in [1.82, 2.24) is 5.32 Å². The summed E-state index contributed by atoms with van der Waals surface area (Å²) in [5, 5.41) is 31.3. The maximum Gasteiger partial charge on any atom is 0.451 e. The third-order valence-electron chi connectivity index (χ3n) is 6.18. The molecule has 0 radical (unpaired) electrons. The maximum absolute atomic E-state index is 12.3. The van der Waals surface area contributed by atoms with Gasteiger partial charge in [0.15, 0.2) is 0 Å². The highest BCUT2D eigenvalue weighted by molar-refractivity contribution is 6.40. The van der Waals surface area contributed by atoms with E-state index in [4.69, 9.17) is 15.8 Å². The van der Waals surface area contributed by atoms with Crippen molar-refractivity contribution in [3.63, 3.8) is 0 Å². The molecule has 1 saturated carbocycles. The third kappa shape index (κ3) is 2.99. The fourth-order valence-electron chi connectivity index (χ4n) is 4.52. The van der Waals surface area contributed by atoms with Crippen LogP contribution in [0, 0.1) is 5.92 Å². The summed E-state index contributed by atoms with van der Waals surface area (Å²) in [5.41, 5.74) is 7.84. The summed E-state index contributed by atoms with van der Waals surface area (Å²) in [5.74, 6) is -1.02. The molecule has 6 nitrogen and oxygen atoms in total. The second-order valence-electron chi connectivity index (χ2n) is 7.56. The first-order chi connectivity index (χ1) is 11.8. The van der Waals surface area contributed by atoms with Crippen LogP contribution in [0.4, 0.5) is 0 Å². The first-order valence-corrected chi connectivity index (χ1v) is 9.04. The minimum atomic E-state index is -1.35. The molecular weight excluding hydrogens is 319 g/mol. The van der Waals surface area contributed by atoms with Crippen molar-refractivity contribution >= 4 is 13.1 Å². The molecule has 2 aliphatic rings. The van der Waals surface area contributed by atoms with Crippen LogP contribution in [0.3, 0.4) is 0 Å².